The summed E-state index contributed by atoms with van der Waals surface area (Å²) in [6, 6.07) is 28.6. The summed E-state index contributed by atoms with van der Waals surface area (Å²) in [5.41, 5.74) is 7.23. The fourth-order valence-electron chi connectivity index (χ4n) is 4.56. The summed E-state index contributed by atoms with van der Waals surface area (Å²) in [6.07, 6.45) is 2.11. The summed E-state index contributed by atoms with van der Waals surface area (Å²) < 4.78 is 13.1. The van der Waals surface area contributed by atoms with Crippen LogP contribution in [0.5, 0.6) is 17.2 Å². The Bertz CT molecular complexity index is 1280. The molecule has 4 aromatic rings. The molecular weight excluding hydrogens is 407 g/mol. The summed E-state index contributed by atoms with van der Waals surface area (Å²) in [6.45, 7) is 4.13. The smallest absolute Gasteiger partial charge is 0.522 e. The van der Waals surface area contributed by atoms with E-state index in [0.29, 0.717) is 12.2 Å². The first-order valence-electron chi connectivity index (χ1n) is 11.5. The molecule has 0 spiro atoms. The Labute approximate surface area is 195 Å². The number of hydrogen-bond donors (Lipinski definition) is 1. The number of phenols is 1. The highest BCUT2D eigenvalue weighted by atomic mass is 16.6. The van der Waals surface area contributed by atoms with Gasteiger partial charge in [0.1, 0.15) is 17.2 Å². The Balaban J connectivity index is 1.62. The second-order valence-electron chi connectivity index (χ2n) is 8.58. The fraction of sp³-hybridized carbons (Fsp3) is 0.172. The number of benzene rings is 4. The van der Waals surface area contributed by atoms with Gasteiger partial charge in [0.25, 0.3) is 0 Å². The van der Waals surface area contributed by atoms with Gasteiger partial charge < -0.3 is 14.4 Å². The molecule has 0 fully saturated rings. The predicted octanol–water partition coefficient (Wildman–Crippen LogP) is 5.61. The fourth-order valence-corrected chi connectivity index (χ4v) is 4.56. The van der Waals surface area contributed by atoms with Crippen LogP contribution in [0, 0.1) is 6.92 Å². The van der Waals surface area contributed by atoms with Crippen LogP contribution in [0.2, 0.25) is 0 Å². The first-order valence-corrected chi connectivity index (χ1v) is 11.5. The molecule has 4 aromatic carbocycles. The van der Waals surface area contributed by atoms with Crippen LogP contribution in [0.4, 0.5) is 0 Å². The maximum atomic E-state index is 10.8. The van der Waals surface area contributed by atoms with Crippen LogP contribution in [0.15, 0.2) is 84.9 Å². The number of hydrogen-bond acceptors (Lipinski definition) is 3. The Kier molecular flexibility index (Phi) is 5.83. The third-order valence-electron chi connectivity index (χ3n) is 6.34. The van der Waals surface area contributed by atoms with Crippen molar-refractivity contribution in [1.82, 2.24) is 0 Å². The molecule has 33 heavy (non-hydrogen) atoms. The van der Waals surface area contributed by atoms with Gasteiger partial charge in [0.2, 0.25) is 0 Å². The lowest BCUT2D eigenvalue weighted by Crippen LogP contribution is -2.44. The van der Waals surface area contributed by atoms with E-state index in [1.807, 2.05) is 48.5 Å². The molecule has 0 radical (unpaired) electrons. The molecular formula is C29H27BO3. The number of phenolic OH excluding ortho intramolecular Hbond substituents is 1. The lowest BCUT2D eigenvalue weighted by molar-refractivity contribution is 0.423. The quantitative estimate of drug-likeness (QED) is 0.425. The molecule has 0 saturated carbocycles. The number of fused-ring (bicyclic) bond motifs is 2. The molecule has 164 valence electrons. The van der Waals surface area contributed by atoms with E-state index in [1.165, 1.54) is 0 Å². The van der Waals surface area contributed by atoms with Crippen molar-refractivity contribution >= 4 is 12.6 Å². The standard InChI is InChI=1S/C29H27BO3/c1-3-21-11-8-12-22(27(21)31)18-24-14-9-15-25-19-23-13-7-10-20(2)28(23)32-30(33-29(24)25)26-16-5-4-6-17-26/h4-17,31H,3,18-19H2,1-2H3. The molecule has 1 aliphatic rings. The molecule has 0 aromatic heterocycles. The summed E-state index contributed by atoms with van der Waals surface area (Å²) >= 11 is 0. The first-order chi connectivity index (χ1) is 16.1. The van der Waals surface area contributed by atoms with Crippen molar-refractivity contribution in [1.29, 1.82) is 0 Å². The third kappa shape index (κ3) is 4.21. The van der Waals surface area contributed by atoms with Gasteiger partial charge in [-0.25, -0.2) is 0 Å². The molecule has 3 nitrogen and oxygen atoms in total. The van der Waals surface area contributed by atoms with Gasteiger partial charge in [-0.15, -0.1) is 0 Å². The molecule has 1 aliphatic heterocycles. The van der Waals surface area contributed by atoms with E-state index in [2.05, 4.69) is 50.2 Å². The third-order valence-corrected chi connectivity index (χ3v) is 6.34. The molecule has 0 atom stereocenters. The van der Waals surface area contributed by atoms with Crippen molar-refractivity contribution in [2.75, 3.05) is 0 Å². The maximum absolute atomic E-state index is 10.8. The zero-order chi connectivity index (χ0) is 22.8. The van der Waals surface area contributed by atoms with Gasteiger partial charge in [-0.1, -0.05) is 91.9 Å². The molecule has 4 heteroatoms. The average Bonchev–Trinajstić information content (AvgIpc) is 2.82. The summed E-state index contributed by atoms with van der Waals surface area (Å²) in [5.74, 6) is 2.09. The van der Waals surface area contributed by atoms with Crippen LogP contribution in [0.25, 0.3) is 0 Å². The minimum atomic E-state index is -0.568. The minimum Gasteiger partial charge on any atom is -0.522 e. The van der Waals surface area contributed by atoms with Gasteiger partial charge in [0.15, 0.2) is 0 Å². The summed E-state index contributed by atoms with van der Waals surface area (Å²) in [5, 5.41) is 10.8. The van der Waals surface area contributed by atoms with Crippen molar-refractivity contribution in [3.63, 3.8) is 0 Å². The lowest BCUT2D eigenvalue weighted by atomic mass is 9.77. The van der Waals surface area contributed by atoms with Crippen LogP contribution in [-0.4, -0.2) is 12.2 Å². The molecule has 1 heterocycles. The minimum absolute atomic E-state index is 0.375. The predicted molar refractivity (Wildman–Crippen MR) is 134 cm³/mol. The molecule has 0 saturated heterocycles. The van der Waals surface area contributed by atoms with Crippen molar-refractivity contribution in [2.45, 2.75) is 33.1 Å². The van der Waals surface area contributed by atoms with Gasteiger partial charge in [0, 0.05) is 18.3 Å². The topological polar surface area (TPSA) is 38.7 Å². The Morgan fingerprint density at radius 3 is 2.15 bits per heavy atom. The van der Waals surface area contributed by atoms with Crippen molar-refractivity contribution in [2.24, 2.45) is 0 Å². The Morgan fingerprint density at radius 2 is 1.36 bits per heavy atom. The van der Waals surface area contributed by atoms with Gasteiger partial charge in [-0.2, -0.15) is 0 Å². The number of aromatic hydroxyl groups is 1. The zero-order valence-electron chi connectivity index (χ0n) is 19.0. The molecule has 0 amide bonds. The number of para-hydroxylation sites is 3. The van der Waals surface area contributed by atoms with Crippen LogP contribution in [0.1, 0.15) is 40.3 Å². The SMILES string of the molecule is CCc1cccc(Cc2cccc3c2OB(c2ccccc2)Oc2c(C)cccc2C3)c1O. The Morgan fingerprint density at radius 1 is 0.727 bits per heavy atom. The molecule has 0 bridgehead atoms. The summed E-state index contributed by atoms with van der Waals surface area (Å²) in [4.78, 5) is 0. The van der Waals surface area contributed by atoms with Gasteiger partial charge in [-0.05, 0) is 46.7 Å². The highest BCUT2D eigenvalue weighted by Gasteiger charge is 2.32. The van der Waals surface area contributed by atoms with Crippen molar-refractivity contribution < 1.29 is 14.4 Å². The highest BCUT2D eigenvalue weighted by molar-refractivity contribution is 6.62. The lowest BCUT2D eigenvalue weighted by Gasteiger charge is -2.27. The van der Waals surface area contributed by atoms with Crippen LogP contribution in [0.3, 0.4) is 0 Å². The van der Waals surface area contributed by atoms with E-state index < -0.39 is 7.12 Å². The molecule has 0 aliphatic carbocycles. The van der Waals surface area contributed by atoms with Gasteiger partial charge >= 0.3 is 7.12 Å². The Hall–Kier alpha value is -3.66. The second-order valence-corrected chi connectivity index (χ2v) is 8.58. The van der Waals surface area contributed by atoms with Crippen molar-refractivity contribution in [3.8, 4) is 17.2 Å². The van der Waals surface area contributed by atoms with Crippen LogP contribution in [-0.2, 0) is 19.3 Å². The van der Waals surface area contributed by atoms with E-state index in [4.69, 9.17) is 9.31 Å². The van der Waals surface area contributed by atoms with E-state index in [0.717, 1.165) is 63.2 Å². The number of aryl methyl sites for hydroxylation is 2. The second kappa shape index (κ2) is 9.07. The van der Waals surface area contributed by atoms with Crippen LogP contribution < -0.4 is 14.8 Å². The normalized spacial score (nSPS) is 12.6. The number of rotatable bonds is 4. The van der Waals surface area contributed by atoms with Crippen LogP contribution >= 0.6 is 0 Å². The molecule has 0 unspecified atom stereocenters. The van der Waals surface area contributed by atoms with Gasteiger partial charge in [0.05, 0.1) is 0 Å². The molecule has 1 N–H and O–H groups in total. The highest BCUT2D eigenvalue weighted by Crippen LogP contribution is 2.36. The summed E-state index contributed by atoms with van der Waals surface area (Å²) in [7, 11) is -0.568. The van der Waals surface area contributed by atoms with E-state index in [9.17, 15) is 5.11 Å². The zero-order valence-corrected chi connectivity index (χ0v) is 19.0. The first kappa shape index (κ1) is 21.2. The van der Waals surface area contributed by atoms with E-state index >= 15 is 0 Å². The van der Waals surface area contributed by atoms with Gasteiger partial charge in [-0.3, -0.25) is 0 Å². The van der Waals surface area contributed by atoms with Crippen molar-refractivity contribution in [3.05, 3.63) is 118 Å². The average molecular weight is 434 g/mol. The van der Waals surface area contributed by atoms with E-state index in [1.54, 1.807) is 0 Å². The molecule has 5 rings (SSSR count). The monoisotopic (exact) mass is 434 g/mol. The van der Waals surface area contributed by atoms with E-state index in [-0.39, 0.29) is 0 Å². The largest absolute Gasteiger partial charge is 0.632 e. The maximum Gasteiger partial charge on any atom is 0.632 e.